The van der Waals surface area contributed by atoms with Crippen LogP contribution in [-0.4, -0.2) is 11.6 Å². The van der Waals surface area contributed by atoms with Crippen LogP contribution in [0.25, 0.3) is 0 Å². The predicted molar refractivity (Wildman–Crippen MR) is 58.3 cm³/mol. The minimum Gasteiger partial charge on any atom is -0.300 e. The average Bonchev–Trinajstić information content (AvgIpc) is 2.11. The molecule has 0 amide bonds. The molecule has 0 fully saturated rings. The third-order valence-corrected chi connectivity index (χ3v) is 2.14. The van der Waals surface area contributed by atoms with Crippen molar-refractivity contribution >= 4 is 11.6 Å². The summed E-state index contributed by atoms with van der Waals surface area (Å²) in [6, 6.07) is 0. The Morgan fingerprint density at radius 3 is 2.07 bits per heavy atom. The van der Waals surface area contributed by atoms with Gasteiger partial charge in [0.15, 0.2) is 0 Å². The van der Waals surface area contributed by atoms with E-state index in [2.05, 4.69) is 6.58 Å². The summed E-state index contributed by atoms with van der Waals surface area (Å²) >= 11 is 0. The minimum atomic E-state index is -0.320. The van der Waals surface area contributed by atoms with Crippen LogP contribution < -0.4 is 0 Å². The SMILES string of the molecule is C=C(F)CCCCC(=O)CCCC(C)=O. The molecule has 15 heavy (non-hydrogen) atoms. The number of allylic oxidation sites excluding steroid dienone is 1. The van der Waals surface area contributed by atoms with Gasteiger partial charge >= 0.3 is 0 Å². The Balaban J connectivity index is 3.33. The summed E-state index contributed by atoms with van der Waals surface area (Å²) in [4.78, 5) is 21.8. The van der Waals surface area contributed by atoms with E-state index in [1.807, 2.05) is 0 Å². The van der Waals surface area contributed by atoms with Gasteiger partial charge < -0.3 is 4.79 Å². The molecule has 0 saturated heterocycles. The number of ketones is 2. The molecule has 3 heteroatoms. The molecular weight excluding hydrogens is 195 g/mol. The van der Waals surface area contributed by atoms with E-state index >= 15 is 0 Å². The van der Waals surface area contributed by atoms with Crippen LogP contribution >= 0.6 is 0 Å². The topological polar surface area (TPSA) is 34.1 Å². The molecule has 0 bridgehead atoms. The summed E-state index contributed by atoms with van der Waals surface area (Å²) in [5.74, 6) is -0.0312. The maximum atomic E-state index is 12.2. The van der Waals surface area contributed by atoms with E-state index in [4.69, 9.17) is 0 Å². The fourth-order valence-electron chi connectivity index (χ4n) is 1.30. The standard InChI is InChI=1S/C12H19FO2/c1-10(13)6-3-4-8-12(15)9-5-7-11(2)14/h1,3-9H2,2H3. The highest BCUT2D eigenvalue weighted by Gasteiger charge is 2.03. The molecule has 0 N–H and O–H groups in total. The van der Waals surface area contributed by atoms with Crippen LogP contribution in [0.2, 0.25) is 0 Å². The average molecular weight is 214 g/mol. The van der Waals surface area contributed by atoms with Gasteiger partial charge in [-0.05, 0) is 32.6 Å². The van der Waals surface area contributed by atoms with Gasteiger partial charge in [-0.2, -0.15) is 0 Å². The Hall–Kier alpha value is -0.990. The molecule has 0 aliphatic heterocycles. The highest BCUT2D eigenvalue weighted by Crippen LogP contribution is 2.09. The lowest BCUT2D eigenvalue weighted by atomic mass is 10.1. The first-order valence-corrected chi connectivity index (χ1v) is 5.36. The van der Waals surface area contributed by atoms with Gasteiger partial charge in [0.1, 0.15) is 11.6 Å². The molecule has 0 radical (unpaired) electrons. The van der Waals surface area contributed by atoms with Crippen molar-refractivity contribution in [3.8, 4) is 0 Å². The van der Waals surface area contributed by atoms with Crippen molar-refractivity contribution in [2.24, 2.45) is 0 Å². The van der Waals surface area contributed by atoms with Crippen molar-refractivity contribution in [3.05, 3.63) is 12.4 Å². The molecule has 0 aromatic carbocycles. The molecule has 0 aromatic heterocycles. The van der Waals surface area contributed by atoms with Gasteiger partial charge in [-0.15, -0.1) is 0 Å². The minimum absolute atomic E-state index is 0.122. The van der Waals surface area contributed by atoms with E-state index in [1.165, 1.54) is 6.92 Å². The first kappa shape index (κ1) is 14.0. The van der Waals surface area contributed by atoms with Gasteiger partial charge in [0, 0.05) is 19.3 Å². The molecule has 0 aromatic rings. The second-order valence-electron chi connectivity index (χ2n) is 3.82. The van der Waals surface area contributed by atoms with Crippen molar-refractivity contribution in [1.29, 1.82) is 0 Å². The summed E-state index contributed by atoms with van der Waals surface area (Å²) in [7, 11) is 0. The maximum Gasteiger partial charge on any atom is 0.132 e. The number of unbranched alkanes of at least 4 members (excludes halogenated alkanes) is 1. The second-order valence-corrected chi connectivity index (χ2v) is 3.82. The Bertz CT molecular complexity index is 234. The van der Waals surface area contributed by atoms with Crippen molar-refractivity contribution in [2.45, 2.75) is 51.9 Å². The molecule has 0 rings (SSSR count). The first-order valence-electron chi connectivity index (χ1n) is 5.36. The number of hydrogen-bond donors (Lipinski definition) is 0. The Morgan fingerprint density at radius 2 is 1.53 bits per heavy atom. The Morgan fingerprint density at radius 1 is 1.00 bits per heavy atom. The third kappa shape index (κ3) is 10.9. The molecule has 86 valence electrons. The smallest absolute Gasteiger partial charge is 0.132 e. The van der Waals surface area contributed by atoms with Gasteiger partial charge in [-0.1, -0.05) is 6.58 Å². The summed E-state index contributed by atoms with van der Waals surface area (Å²) in [5, 5.41) is 0. The first-order chi connectivity index (χ1) is 7.02. The molecule has 0 atom stereocenters. The summed E-state index contributed by atoms with van der Waals surface area (Å²) in [6.45, 7) is 4.68. The lowest BCUT2D eigenvalue weighted by Crippen LogP contribution is -1.99. The van der Waals surface area contributed by atoms with Crippen molar-refractivity contribution in [3.63, 3.8) is 0 Å². The van der Waals surface area contributed by atoms with Crippen LogP contribution in [0.5, 0.6) is 0 Å². The van der Waals surface area contributed by atoms with Gasteiger partial charge in [0.25, 0.3) is 0 Å². The van der Waals surface area contributed by atoms with Crippen LogP contribution in [0, 0.1) is 0 Å². The highest BCUT2D eigenvalue weighted by atomic mass is 19.1. The highest BCUT2D eigenvalue weighted by molar-refractivity contribution is 5.80. The number of carbonyl (C=O) groups excluding carboxylic acids is 2. The zero-order valence-electron chi connectivity index (χ0n) is 9.35. The largest absolute Gasteiger partial charge is 0.300 e. The van der Waals surface area contributed by atoms with E-state index in [1.54, 1.807) is 0 Å². The van der Waals surface area contributed by atoms with Crippen LogP contribution in [-0.2, 0) is 9.59 Å². The van der Waals surface area contributed by atoms with E-state index in [9.17, 15) is 14.0 Å². The van der Waals surface area contributed by atoms with Crippen molar-refractivity contribution < 1.29 is 14.0 Å². The molecule has 0 aliphatic rings. The molecule has 0 spiro atoms. The fraction of sp³-hybridized carbons (Fsp3) is 0.667. The molecular formula is C12H19FO2. The number of halogens is 1. The van der Waals surface area contributed by atoms with Crippen LogP contribution in [0.4, 0.5) is 4.39 Å². The molecule has 0 unspecified atom stereocenters. The van der Waals surface area contributed by atoms with E-state index < -0.39 is 0 Å². The van der Waals surface area contributed by atoms with Crippen molar-refractivity contribution in [2.75, 3.05) is 0 Å². The fourth-order valence-corrected chi connectivity index (χ4v) is 1.30. The number of carbonyl (C=O) groups is 2. The maximum absolute atomic E-state index is 12.2. The van der Waals surface area contributed by atoms with E-state index in [0.29, 0.717) is 44.9 Å². The molecule has 0 aliphatic carbocycles. The summed E-state index contributed by atoms with van der Waals surface area (Å²) in [5.41, 5.74) is 0. The zero-order valence-corrected chi connectivity index (χ0v) is 9.35. The van der Waals surface area contributed by atoms with Crippen LogP contribution in [0.15, 0.2) is 12.4 Å². The quantitative estimate of drug-likeness (QED) is 0.551. The summed E-state index contributed by atoms with van der Waals surface area (Å²) < 4.78 is 12.2. The predicted octanol–water partition coefficient (Wildman–Crippen LogP) is 3.36. The Kier molecular flexibility index (Phi) is 7.78. The normalized spacial score (nSPS) is 10.0. The number of rotatable bonds is 9. The van der Waals surface area contributed by atoms with Gasteiger partial charge in [0.2, 0.25) is 0 Å². The Labute approximate surface area is 90.6 Å². The second kappa shape index (κ2) is 8.33. The third-order valence-electron chi connectivity index (χ3n) is 2.14. The summed E-state index contributed by atoms with van der Waals surface area (Å²) in [6.07, 6.45) is 3.81. The lowest BCUT2D eigenvalue weighted by Gasteiger charge is -1.99. The van der Waals surface area contributed by atoms with Crippen LogP contribution in [0.3, 0.4) is 0 Å². The molecule has 2 nitrogen and oxygen atoms in total. The molecule has 0 heterocycles. The van der Waals surface area contributed by atoms with Gasteiger partial charge in [0.05, 0.1) is 5.83 Å². The lowest BCUT2D eigenvalue weighted by molar-refractivity contribution is -0.119. The van der Waals surface area contributed by atoms with Crippen molar-refractivity contribution in [1.82, 2.24) is 0 Å². The number of hydrogen-bond acceptors (Lipinski definition) is 2. The van der Waals surface area contributed by atoms with Gasteiger partial charge in [-0.3, -0.25) is 4.79 Å². The zero-order chi connectivity index (χ0) is 11.7. The van der Waals surface area contributed by atoms with E-state index in [0.717, 1.165) is 0 Å². The van der Waals surface area contributed by atoms with Crippen LogP contribution in [0.1, 0.15) is 51.9 Å². The van der Waals surface area contributed by atoms with E-state index in [-0.39, 0.29) is 17.4 Å². The van der Waals surface area contributed by atoms with Gasteiger partial charge in [-0.25, -0.2) is 4.39 Å². The number of Topliss-reactive ketones (excluding diaryl/α,β-unsaturated/α-hetero) is 2. The molecule has 0 saturated carbocycles. The monoisotopic (exact) mass is 214 g/mol.